The van der Waals surface area contributed by atoms with Crippen molar-refractivity contribution in [1.29, 1.82) is 0 Å². The highest BCUT2D eigenvalue weighted by atomic mass is 16.5. The number of phenolic OH excluding ortho intramolecular Hbond substituents is 3. The van der Waals surface area contributed by atoms with Crippen LogP contribution < -0.4 is 4.74 Å². The lowest BCUT2D eigenvalue weighted by molar-refractivity contribution is 0.0631. The number of aliphatic hydroxyl groups excluding tert-OH is 1. The summed E-state index contributed by atoms with van der Waals surface area (Å²) in [4.78, 5) is 0. The zero-order chi connectivity index (χ0) is 14.3. The topological polar surface area (TPSA) is 90.2 Å². The molecule has 4 N–H and O–H groups in total. The molecule has 0 aliphatic carbocycles. The van der Waals surface area contributed by atoms with Gasteiger partial charge in [0, 0.05) is 18.6 Å². The minimum Gasteiger partial charge on any atom is -0.508 e. The van der Waals surface area contributed by atoms with Crippen molar-refractivity contribution in [2.45, 2.75) is 18.6 Å². The second kappa shape index (κ2) is 4.61. The maximum atomic E-state index is 10.1. The van der Waals surface area contributed by atoms with E-state index in [9.17, 15) is 20.4 Å². The third kappa shape index (κ3) is 2.12. The number of fused-ring (bicyclic) bond motifs is 1. The summed E-state index contributed by atoms with van der Waals surface area (Å²) in [6.45, 7) is 0. The Morgan fingerprint density at radius 3 is 2.35 bits per heavy atom. The summed E-state index contributed by atoms with van der Waals surface area (Å²) in [5, 5.41) is 38.7. The molecule has 5 heteroatoms. The molecule has 0 aromatic heterocycles. The molecule has 0 amide bonds. The molecule has 0 spiro atoms. The largest absolute Gasteiger partial charge is 0.508 e. The van der Waals surface area contributed by atoms with E-state index in [1.165, 1.54) is 12.1 Å². The number of aromatic hydroxyl groups is 3. The van der Waals surface area contributed by atoms with Crippen molar-refractivity contribution in [1.82, 2.24) is 0 Å². The zero-order valence-corrected chi connectivity index (χ0v) is 10.5. The van der Waals surface area contributed by atoms with Crippen molar-refractivity contribution >= 4 is 0 Å². The lowest BCUT2D eigenvalue weighted by Crippen LogP contribution is -2.19. The fourth-order valence-electron chi connectivity index (χ4n) is 2.45. The predicted molar refractivity (Wildman–Crippen MR) is 70.8 cm³/mol. The quantitative estimate of drug-likeness (QED) is 0.641. The summed E-state index contributed by atoms with van der Waals surface area (Å²) in [6.07, 6.45) is -0.992. The second-order valence-corrected chi connectivity index (χ2v) is 4.83. The van der Waals surface area contributed by atoms with Gasteiger partial charge in [-0.15, -0.1) is 0 Å². The molecule has 1 heterocycles. The predicted octanol–water partition coefficient (Wildman–Crippen LogP) is 2.36. The average molecular weight is 274 g/mol. The van der Waals surface area contributed by atoms with Gasteiger partial charge < -0.3 is 25.2 Å². The van der Waals surface area contributed by atoms with E-state index in [2.05, 4.69) is 0 Å². The monoisotopic (exact) mass is 274 g/mol. The van der Waals surface area contributed by atoms with Gasteiger partial charge in [-0.1, -0.05) is 12.1 Å². The molecule has 0 unspecified atom stereocenters. The molecule has 2 aromatic carbocycles. The first-order valence-electron chi connectivity index (χ1n) is 6.24. The summed E-state index contributed by atoms with van der Waals surface area (Å²) in [6, 6.07) is 9.04. The Labute approximate surface area is 115 Å². The molecular weight excluding hydrogens is 260 g/mol. The van der Waals surface area contributed by atoms with Crippen LogP contribution in [0.4, 0.5) is 0 Å². The molecule has 104 valence electrons. The molecule has 0 saturated carbocycles. The van der Waals surface area contributed by atoms with Gasteiger partial charge in [-0.05, 0) is 17.7 Å². The smallest absolute Gasteiger partial charge is 0.133 e. The van der Waals surface area contributed by atoms with Gasteiger partial charge in [-0.3, -0.25) is 0 Å². The number of hydrogen-bond acceptors (Lipinski definition) is 5. The molecule has 2 aromatic rings. The van der Waals surface area contributed by atoms with Crippen LogP contribution in [-0.2, 0) is 0 Å². The SMILES string of the molecule is Oc1ccc([C@H]2C[C@@H](O)c3c(O)cc(O)cc3O2)cc1. The van der Waals surface area contributed by atoms with Crippen LogP contribution >= 0.6 is 0 Å². The van der Waals surface area contributed by atoms with E-state index in [1.54, 1.807) is 24.3 Å². The fourth-order valence-corrected chi connectivity index (χ4v) is 2.45. The van der Waals surface area contributed by atoms with Gasteiger partial charge in [0.1, 0.15) is 29.1 Å². The molecule has 1 aliphatic rings. The summed E-state index contributed by atoms with van der Waals surface area (Å²) < 4.78 is 5.73. The summed E-state index contributed by atoms with van der Waals surface area (Å²) in [5.41, 5.74) is 1.09. The minimum atomic E-state index is -0.877. The Kier molecular flexibility index (Phi) is 2.91. The van der Waals surface area contributed by atoms with Crippen LogP contribution in [0, 0.1) is 0 Å². The lowest BCUT2D eigenvalue weighted by Gasteiger charge is -2.30. The molecule has 0 bridgehead atoms. The van der Waals surface area contributed by atoms with E-state index in [4.69, 9.17) is 4.74 Å². The maximum Gasteiger partial charge on any atom is 0.133 e. The van der Waals surface area contributed by atoms with Crippen molar-refractivity contribution < 1.29 is 25.2 Å². The van der Waals surface area contributed by atoms with Crippen LogP contribution in [-0.4, -0.2) is 20.4 Å². The molecule has 20 heavy (non-hydrogen) atoms. The van der Waals surface area contributed by atoms with Crippen molar-refractivity contribution in [3.05, 3.63) is 47.5 Å². The normalized spacial score (nSPS) is 21.1. The third-order valence-electron chi connectivity index (χ3n) is 3.41. The van der Waals surface area contributed by atoms with Gasteiger partial charge in [0.15, 0.2) is 0 Å². The van der Waals surface area contributed by atoms with Crippen LogP contribution in [0.15, 0.2) is 36.4 Å². The van der Waals surface area contributed by atoms with Crippen LogP contribution in [0.5, 0.6) is 23.0 Å². The van der Waals surface area contributed by atoms with E-state index in [0.29, 0.717) is 0 Å². The van der Waals surface area contributed by atoms with Gasteiger partial charge in [0.05, 0.1) is 11.7 Å². The van der Waals surface area contributed by atoms with Crippen LogP contribution in [0.1, 0.15) is 29.8 Å². The van der Waals surface area contributed by atoms with Gasteiger partial charge >= 0.3 is 0 Å². The Morgan fingerprint density at radius 1 is 0.950 bits per heavy atom. The van der Waals surface area contributed by atoms with Gasteiger partial charge in [-0.2, -0.15) is 0 Å². The Hall–Kier alpha value is -2.40. The highest BCUT2D eigenvalue weighted by Gasteiger charge is 2.31. The third-order valence-corrected chi connectivity index (χ3v) is 3.41. The van der Waals surface area contributed by atoms with Crippen molar-refractivity contribution in [2.24, 2.45) is 0 Å². The fraction of sp³-hybridized carbons (Fsp3) is 0.200. The standard InChI is InChI=1S/C15H14O5/c16-9-3-1-8(2-4-9)13-7-12(19)15-11(18)5-10(17)6-14(15)20-13/h1-6,12-13,16-19H,7H2/t12-,13-/m1/s1. The lowest BCUT2D eigenvalue weighted by atomic mass is 9.94. The average Bonchev–Trinajstić information content (AvgIpc) is 2.38. The number of phenols is 3. The Bertz CT molecular complexity index is 635. The van der Waals surface area contributed by atoms with Crippen LogP contribution in [0.2, 0.25) is 0 Å². The molecule has 1 aliphatic heterocycles. The minimum absolute atomic E-state index is 0.125. The summed E-state index contributed by atoms with van der Waals surface area (Å²) in [5.74, 6) is 0.108. The van der Waals surface area contributed by atoms with Crippen LogP contribution in [0.3, 0.4) is 0 Å². The molecule has 3 rings (SSSR count). The van der Waals surface area contributed by atoms with E-state index in [1.807, 2.05) is 0 Å². The van der Waals surface area contributed by atoms with Crippen molar-refractivity contribution in [2.75, 3.05) is 0 Å². The van der Waals surface area contributed by atoms with Gasteiger partial charge in [0.2, 0.25) is 0 Å². The number of ether oxygens (including phenoxy) is 1. The molecule has 0 fully saturated rings. The number of benzene rings is 2. The number of hydrogen-bond donors (Lipinski definition) is 4. The van der Waals surface area contributed by atoms with Gasteiger partial charge in [-0.25, -0.2) is 0 Å². The number of rotatable bonds is 1. The van der Waals surface area contributed by atoms with Crippen LogP contribution in [0.25, 0.3) is 0 Å². The molecule has 5 nitrogen and oxygen atoms in total. The highest BCUT2D eigenvalue weighted by Crippen LogP contribution is 2.46. The van der Waals surface area contributed by atoms with Crippen molar-refractivity contribution in [3.8, 4) is 23.0 Å². The highest BCUT2D eigenvalue weighted by molar-refractivity contribution is 5.52. The first kappa shape index (κ1) is 12.6. The molecule has 0 radical (unpaired) electrons. The van der Waals surface area contributed by atoms with Gasteiger partial charge in [0.25, 0.3) is 0 Å². The molecular formula is C15H14O5. The number of aliphatic hydroxyl groups is 1. The summed E-state index contributed by atoms with van der Waals surface area (Å²) >= 11 is 0. The Morgan fingerprint density at radius 2 is 1.65 bits per heavy atom. The van der Waals surface area contributed by atoms with E-state index >= 15 is 0 Å². The first-order chi connectivity index (χ1) is 9.54. The summed E-state index contributed by atoms with van der Waals surface area (Å²) in [7, 11) is 0. The second-order valence-electron chi connectivity index (χ2n) is 4.83. The van der Waals surface area contributed by atoms with E-state index in [-0.39, 0.29) is 35.0 Å². The maximum absolute atomic E-state index is 10.1. The van der Waals surface area contributed by atoms with E-state index in [0.717, 1.165) is 5.56 Å². The van der Waals surface area contributed by atoms with Crippen molar-refractivity contribution in [3.63, 3.8) is 0 Å². The molecule has 0 saturated heterocycles. The van der Waals surface area contributed by atoms with E-state index < -0.39 is 12.2 Å². The Balaban J connectivity index is 1.98. The first-order valence-corrected chi connectivity index (χ1v) is 6.24. The zero-order valence-electron chi connectivity index (χ0n) is 10.5. The molecule has 2 atom stereocenters.